The molecule has 26 heavy (non-hydrogen) atoms. The first kappa shape index (κ1) is 16.4. The first-order chi connectivity index (χ1) is 12.7. The number of aromatic nitrogens is 2. The van der Waals surface area contributed by atoms with Gasteiger partial charge in [0.05, 0.1) is 11.4 Å². The van der Waals surface area contributed by atoms with Gasteiger partial charge in [0.25, 0.3) is 0 Å². The Balaban J connectivity index is 1.43. The topological polar surface area (TPSA) is 32.3 Å². The first-order valence-electron chi connectivity index (χ1n) is 8.55. The Kier molecular flexibility index (Phi) is 4.48. The molecule has 1 aromatic heterocycles. The van der Waals surface area contributed by atoms with E-state index in [9.17, 15) is 8.78 Å². The normalized spacial score (nSPS) is 14.5. The molecule has 0 amide bonds. The van der Waals surface area contributed by atoms with E-state index in [0.29, 0.717) is 11.4 Å². The molecule has 0 saturated carbocycles. The van der Waals surface area contributed by atoms with Crippen LogP contribution in [0.3, 0.4) is 0 Å². The fraction of sp³-hybridized carbons (Fsp3) is 0.200. The van der Waals surface area contributed by atoms with Gasteiger partial charge in [-0.15, -0.1) is 10.2 Å². The largest absolute Gasteiger partial charge is 0.366 e. The van der Waals surface area contributed by atoms with Crippen LogP contribution in [-0.2, 0) is 0 Å². The van der Waals surface area contributed by atoms with Crippen molar-refractivity contribution in [3.8, 4) is 11.3 Å². The molecule has 0 unspecified atom stereocenters. The van der Waals surface area contributed by atoms with Gasteiger partial charge in [-0.25, -0.2) is 8.78 Å². The Labute approximate surface area is 150 Å². The Morgan fingerprint density at radius 2 is 1.38 bits per heavy atom. The maximum Gasteiger partial charge on any atom is 0.151 e. The molecule has 2 aromatic carbocycles. The van der Waals surface area contributed by atoms with E-state index in [-0.39, 0.29) is 11.6 Å². The highest BCUT2D eigenvalue weighted by molar-refractivity contribution is 5.60. The molecule has 1 aliphatic heterocycles. The summed E-state index contributed by atoms with van der Waals surface area (Å²) in [5.41, 5.74) is 2.18. The van der Waals surface area contributed by atoms with Crippen LogP contribution in [0.15, 0.2) is 60.7 Å². The second kappa shape index (κ2) is 7.07. The number of nitrogens with zero attached hydrogens (tertiary/aromatic N) is 4. The quantitative estimate of drug-likeness (QED) is 0.719. The zero-order chi connectivity index (χ0) is 17.9. The monoisotopic (exact) mass is 352 g/mol. The Morgan fingerprint density at radius 3 is 2.04 bits per heavy atom. The lowest BCUT2D eigenvalue weighted by atomic mass is 10.1. The van der Waals surface area contributed by atoms with E-state index in [1.54, 1.807) is 18.2 Å². The van der Waals surface area contributed by atoms with Gasteiger partial charge < -0.3 is 9.80 Å². The molecule has 4 nitrogen and oxygen atoms in total. The maximum atomic E-state index is 13.9. The van der Waals surface area contributed by atoms with Crippen LogP contribution in [0.2, 0.25) is 0 Å². The molecule has 3 aromatic rings. The number of halogens is 2. The molecular formula is C20H18F2N4. The van der Waals surface area contributed by atoms with Crippen LogP contribution in [0.4, 0.5) is 20.3 Å². The highest BCUT2D eigenvalue weighted by atomic mass is 19.1. The third kappa shape index (κ3) is 3.35. The van der Waals surface area contributed by atoms with Gasteiger partial charge in [-0.1, -0.05) is 12.1 Å². The summed E-state index contributed by atoms with van der Waals surface area (Å²) in [4.78, 5) is 4.19. The van der Waals surface area contributed by atoms with Gasteiger partial charge in [-0.05, 0) is 48.5 Å². The van der Waals surface area contributed by atoms with Crippen LogP contribution in [-0.4, -0.2) is 36.4 Å². The van der Waals surface area contributed by atoms with Gasteiger partial charge in [0.2, 0.25) is 0 Å². The fourth-order valence-electron chi connectivity index (χ4n) is 3.15. The molecule has 4 rings (SSSR count). The smallest absolute Gasteiger partial charge is 0.151 e. The van der Waals surface area contributed by atoms with Crippen molar-refractivity contribution in [2.45, 2.75) is 0 Å². The van der Waals surface area contributed by atoms with E-state index in [1.807, 2.05) is 29.2 Å². The van der Waals surface area contributed by atoms with Gasteiger partial charge in [0, 0.05) is 31.7 Å². The second-order valence-electron chi connectivity index (χ2n) is 6.21. The number of piperazine rings is 1. The number of rotatable bonds is 3. The molecule has 0 aliphatic carbocycles. The number of benzene rings is 2. The predicted molar refractivity (Wildman–Crippen MR) is 98.3 cm³/mol. The predicted octanol–water partition coefficient (Wildman–Crippen LogP) is 3.75. The van der Waals surface area contributed by atoms with Crippen molar-refractivity contribution in [2.75, 3.05) is 36.0 Å². The van der Waals surface area contributed by atoms with Crippen LogP contribution in [0.5, 0.6) is 0 Å². The van der Waals surface area contributed by atoms with Gasteiger partial charge in [-0.3, -0.25) is 0 Å². The molecule has 0 bridgehead atoms. The summed E-state index contributed by atoms with van der Waals surface area (Å²) < 4.78 is 26.9. The molecule has 1 fully saturated rings. The summed E-state index contributed by atoms with van der Waals surface area (Å²) in [6.45, 7) is 2.95. The Morgan fingerprint density at radius 1 is 0.692 bits per heavy atom. The van der Waals surface area contributed by atoms with Gasteiger partial charge in [0.1, 0.15) is 11.6 Å². The minimum absolute atomic E-state index is 0.190. The minimum Gasteiger partial charge on any atom is -0.366 e. The lowest BCUT2D eigenvalue weighted by Gasteiger charge is -2.36. The van der Waals surface area contributed by atoms with Gasteiger partial charge >= 0.3 is 0 Å². The summed E-state index contributed by atoms with van der Waals surface area (Å²) in [5.74, 6) is 0.333. The molecule has 132 valence electrons. The van der Waals surface area contributed by atoms with Crippen molar-refractivity contribution in [1.82, 2.24) is 10.2 Å². The maximum absolute atomic E-state index is 13.9. The average molecular weight is 352 g/mol. The molecule has 0 radical (unpaired) electrons. The Bertz CT molecular complexity index is 873. The zero-order valence-electron chi connectivity index (χ0n) is 14.1. The standard InChI is InChI=1S/C20H18F2N4/c21-16-7-5-15(6-8-16)18-9-10-20(24-23-18)26-13-11-25(12-14-26)19-4-2-1-3-17(19)22/h1-10H,11-14H2. The van der Waals surface area contributed by atoms with E-state index in [1.165, 1.54) is 18.2 Å². The summed E-state index contributed by atoms with van der Waals surface area (Å²) >= 11 is 0. The average Bonchev–Trinajstić information content (AvgIpc) is 2.69. The highest BCUT2D eigenvalue weighted by Gasteiger charge is 2.20. The van der Waals surface area contributed by atoms with E-state index in [2.05, 4.69) is 15.1 Å². The van der Waals surface area contributed by atoms with Crippen LogP contribution in [0, 0.1) is 11.6 Å². The summed E-state index contributed by atoms with van der Waals surface area (Å²) in [5, 5.41) is 8.56. The van der Waals surface area contributed by atoms with Crippen molar-refractivity contribution >= 4 is 11.5 Å². The zero-order valence-corrected chi connectivity index (χ0v) is 14.1. The number of anilines is 2. The molecule has 1 aliphatic rings. The van der Waals surface area contributed by atoms with Crippen molar-refractivity contribution in [3.63, 3.8) is 0 Å². The van der Waals surface area contributed by atoms with Gasteiger partial charge in [-0.2, -0.15) is 0 Å². The third-order valence-corrected chi connectivity index (χ3v) is 4.59. The number of hydrogen-bond donors (Lipinski definition) is 0. The van der Waals surface area contributed by atoms with Gasteiger partial charge in [0.15, 0.2) is 5.82 Å². The van der Waals surface area contributed by atoms with Crippen molar-refractivity contribution in [1.29, 1.82) is 0 Å². The highest BCUT2D eigenvalue weighted by Crippen LogP contribution is 2.23. The first-order valence-corrected chi connectivity index (χ1v) is 8.55. The van der Waals surface area contributed by atoms with E-state index in [4.69, 9.17) is 0 Å². The van der Waals surface area contributed by atoms with Crippen LogP contribution in [0.25, 0.3) is 11.3 Å². The molecule has 1 saturated heterocycles. The van der Waals surface area contributed by atoms with Crippen molar-refractivity contribution in [3.05, 3.63) is 72.3 Å². The van der Waals surface area contributed by atoms with Crippen LogP contribution in [0.1, 0.15) is 0 Å². The summed E-state index contributed by atoms with van der Waals surface area (Å²) in [6, 6.07) is 16.9. The van der Waals surface area contributed by atoms with Crippen LogP contribution < -0.4 is 9.80 Å². The lowest BCUT2D eigenvalue weighted by Crippen LogP contribution is -2.47. The summed E-state index contributed by atoms with van der Waals surface area (Å²) in [7, 11) is 0. The number of hydrogen-bond acceptors (Lipinski definition) is 4. The number of para-hydroxylation sites is 1. The third-order valence-electron chi connectivity index (χ3n) is 4.59. The minimum atomic E-state index is -0.272. The summed E-state index contributed by atoms with van der Waals surface area (Å²) in [6.07, 6.45) is 0. The Hall–Kier alpha value is -3.02. The molecule has 6 heteroatoms. The molecule has 0 spiro atoms. The van der Waals surface area contributed by atoms with E-state index in [0.717, 1.165) is 37.6 Å². The molecule has 0 N–H and O–H groups in total. The van der Waals surface area contributed by atoms with E-state index >= 15 is 0 Å². The fourth-order valence-corrected chi connectivity index (χ4v) is 3.15. The van der Waals surface area contributed by atoms with Crippen molar-refractivity contribution in [2.24, 2.45) is 0 Å². The van der Waals surface area contributed by atoms with Crippen LogP contribution >= 0.6 is 0 Å². The lowest BCUT2D eigenvalue weighted by molar-refractivity contribution is 0.595. The second-order valence-corrected chi connectivity index (χ2v) is 6.21. The SMILES string of the molecule is Fc1ccc(-c2ccc(N3CCN(c4ccccc4F)CC3)nn2)cc1. The van der Waals surface area contributed by atoms with E-state index < -0.39 is 0 Å². The molecule has 0 atom stereocenters. The molecule has 2 heterocycles. The van der Waals surface area contributed by atoms with Crippen molar-refractivity contribution < 1.29 is 8.78 Å². The molecular weight excluding hydrogens is 334 g/mol.